The second-order valence-corrected chi connectivity index (χ2v) is 4.94. The normalized spacial score (nSPS) is 12.1. The molecule has 5 heteroatoms. The smallest absolute Gasteiger partial charge is 0.251 e. The Bertz CT molecular complexity index is 482. The molecule has 4 N–H and O–H groups in total. The Labute approximate surface area is 113 Å². The number of aryl methyl sites for hydroxylation is 1. The lowest BCUT2D eigenvalue weighted by atomic mass is 10.1. The zero-order chi connectivity index (χ0) is 14.6. The maximum absolute atomic E-state index is 11.8. The fourth-order valence-corrected chi connectivity index (χ4v) is 1.54. The van der Waals surface area contributed by atoms with Crippen LogP contribution in [0.2, 0.25) is 0 Å². The molecule has 0 saturated heterocycles. The minimum atomic E-state index is -0.566. The van der Waals surface area contributed by atoms with Crippen LogP contribution < -0.4 is 16.4 Å². The summed E-state index contributed by atoms with van der Waals surface area (Å²) >= 11 is 0. The summed E-state index contributed by atoms with van der Waals surface area (Å²) in [6, 6.07) is 4.66. The van der Waals surface area contributed by atoms with Crippen LogP contribution >= 0.6 is 0 Å². The van der Waals surface area contributed by atoms with Gasteiger partial charge in [-0.25, -0.2) is 0 Å². The van der Waals surface area contributed by atoms with Gasteiger partial charge in [-0.1, -0.05) is 0 Å². The van der Waals surface area contributed by atoms with E-state index in [1.54, 1.807) is 25.1 Å². The first kappa shape index (κ1) is 15.2. The van der Waals surface area contributed by atoms with Gasteiger partial charge in [0.1, 0.15) is 0 Å². The van der Waals surface area contributed by atoms with Gasteiger partial charge in [0.2, 0.25) is 5.91 Å². The zero-order valence-electron chi connectivity index (χ0n) is 11.8. The van der Waals surface area contributed by atoms with Crippen molar-refractivity contribution in [3.63, 3.8) is 0 Å². The molecule has 0 unspecified atom stereocenters. The van der Waals surface area contributed by atoms with Crippen molar-refractivity contribution in [2.24, 2.45) is 5.73 Å². The van der Waals surface area contributed by atoms with E-state index in [1.807, 2.05) is 20.8 Å². The zero-order valence-corrected chi connectivity index (χ0v) is 11.8. The van der Waals surface area contributed by atoms with E-state index in [2.05, 4.69) is 10.6 Å². The molecule has 0 saturated carbocycles. The number of benzene rings is 1. The van der Waals surface area contributed by atoms with Crippen LogP contribution in [0.5, 0.6) is 0 Å². The van der Waals surface area contributed by atoms with Crippen molar-refractivity contribution < 1.29 is 9.59 Å². The molecule has 104 valence electrons. The molecule has 1 aromatic carbocycles. The van der Waals surface area contributed by atoms with Crippen LogP contribution in [0.25, 0.3) is 0 Å². The lowest BCUT2D eigenvalue weighted by Crippen LogP contribution is -2.33. The summed E-state index contributed by atoms with van der Waals surface area (Å²) < 4.78 is 0. The molecule has 0 heterocycles. The summed E-state index contributed by atoms with van der Waals surface area (Å²) in [5.41, 5.74) is 7.56. The SMILES string of the molecule is Cc1cc(C(=O)NC(C)C)ccc1NC(=O)[C@H](C)N. The van der Waals surface area contributed by atoms with Gasteiger partial charge in [-0.2, -0.15) is 0 Å². The largest absolute Gasteiger partial charge is 0.350 e. The molecule has 0 bridgehead atoms. The van der Waals surface area contributed by atoms with Gasteiger partial charge in [-0.3, -0.25) is 9.59 Å². The molecule has 1 atom stereocenters. The van der Waals surface area contributed by atoms with Crippen molar-refractivity contribution in [3.8, 4) is 0 Å². The fourth-order valence-electron chi connectivity index (χ4n) is 1.54. The van der Waals surface area contributed by atoms with Gasteiger partial charge < -0.3 is 16.4 Å². The molecule has 2 amide bonds. The lowest BCUT2D eigenvalue weighted by Gasteiger charge is -2.13. The summed E-state index contributed by atoms with van der Waals surface area (Å²) in [5, 5.41) is 5.54. The molecule has 1 aromatic rings. The third-order valence-electron chi connectivity index (χ3n) is 2.58. The molecule has 0 aliphatic rings. The molecule has 5 nitrogen and oxygen atoms in total. The van der Waals surface area contributed by atoms with E-state index >= 15 is 0 Å². The number of amides is 2. The van der Waals surface area contributed by atoms with Gasteiger partial charge in [-0.15, -0.1) is 0 Å². The van der Waals surface area contributed by atoms with Gasteiger partial charge in [0.25, 0.3) is 5.91 Å². The Morgan fingerprint density at radius 2 is 1.84 bits per heavy atom. The van der Waals surface area contributed by atoms with Crippen molar-refractivity contribution in [2.45, 2.75) is 39.8 Å². The van der Waals surface area contributed by atoms with Crippen molar-refractivity contribution in [3.05, 3.63) is 29.3 Å². The number of anilines is 1. The van der Waals surface area contributed by atoms with E-state index in [1.165, 1.54) is 0 Å². The average molecular weight is 263 g/mol. The molecule has 19 heavy (non-hydrogen) atoms. The highest BCUT2D eigenvalue weighted by Gasteiger charge is 2.12. The van der Waals surface area contributed by atoms with Crippen molar-refractivity contribution in [2.75, 3.05) is 5.32 Å². The Balaban J connectivity index is 2.86. The predicted octanol–water partition coefficient (Wildman–Crippen LogP) is 1.42. The Hall–Kier alpha value is -1.88. The maximum atomic E-state index is 11.8. The van der Waals surface area contributed by atoms with E-state index in [-0.39, 0.29) is 17.9 Å². The van der Waals surface area contributed by atoms with E-state index in [0.29, 0.717) is 11.3 Å². The molecule has 0 spiro atoms. The van der Waals surface area contributed by atoms with Gasteiger partial charge in [0.05, 0.1) is 6.04 Å². The van der Waals surface area contributed by atoms with Crippen molar-refractivity contribution >= 4 is 17.5 Å². The van der Waals surface area contributed by atoms with Gasteiger partial charge >= 0.3 is 0 Å². The number of hydrogen-bond acceptors (Lipinski definition) is 3. The van der Waals surface area contributed by atoms with Gasteiger partial charge in [0, 0.05) is 17.3 Å². The lowest BCUT2D eigenvalue weighted by molar-refractivity contribution is -0.117. The third-order valence-corrected chi connectivity index (χ3v) is 2.58. The van der Waals surface area contributed by atoms with Crippen LogP contribution in [0.15, 0.2) is 18.2 Å². The third kappa shape index (κ3) is 4.37. The summed E-state index contributed by atoms with van der Waals surface area (Å²) in [6.07, 6.45) is 0. The predicted molar refractivity (Wildman–Crippen MR) is 76.1 cm³/mol. The first-order valence-electron chi connectivity index (χ1n) is 6.29. The molecule has 0 aliphatic carbocycles. The topological polar surface area (TPSA) is 84.2 Å². The number of carbonyl (C=O) groups excluding carboxylic acids is 2. The molecule has 0 radical (unpaired) electrons. The van der Waals surface area contributed by atoms with Crippen LogP contribution in [0.1, 0.15) is 36.7 Å². The van der Waals surface area contributed by atoms with Crippen LogP contribution in [0.4, 0.5) is 5.69 Å². The van der Waals surface area contributed by atoms with E-state index in [9.17, 15) is 9.59 Å². The summed E-state index contributed by atoms with van der Waals surface area (Å²) in [5.74, 6) is -0.370. The number of hydrogen-bond donors (Lipinski definition) is 3. The molecule has 0 fully saturated rings. The summed E-state index contributed by atoms with van der Waals surface area (Å²) in [7, 11) is 0. The molecule has 1 rings (SSSR count). The molecular weight excluding hydrogens is 242 g/mol. The van der Waals surface area contributed by atoms with E-state index in [0.717, 1.165) is 5.56 Å². The van der Waals surface area contributed by atoms with E-state index in [4.69, 9.17) is 5.73 Å². The second-order valence-electron chi connectivity index (χ2n) is 4.94. The van der Waals surface area contributed by atoms with Crippen molar-refractivity contribution in [1.29, 1.82) is 0 Å². The number of rotatable bonds is 4. The first-order valence-corrected chi connectivity index (χ1v) is 6.29. The van der Waals surface area contributed by atoms with Crippen LogP contribution in [-0.2, 0) is 4.79 Å². The van der Waals surface area contributed by atoms with Crippen LogP contribution in [0.3, 0.4) is 0 Å². The maximum Gasteiger partial charge on any atom is 0.251 e. The minimum absolute atomic E-state index is 0.0882. The standard InChI is InChI=1S/C14H21N3O2/c1-8(2)16-14(19)11-5-6-12(9(3)7-11)17-13(18)10(4)15/h5-8,10H,15H2,1-4H3,(H,16,19)(H,17,18)/t10-/m0/s1. The first-order chi connectivity index (χ1) is 8.81. The Kier molecular flexibility index (Phi) is 5.06. The highest BCUT2D eigenvalue weighted by atomic mass is 16.2. The molecular formula is C14H21N3O2. The molecule has 0 aliphatic heterocycles. The molecule has 0 aromatic heterocycles. The van der Waals surface area contributed by atoms with Gasteiger partial charge in [-0.05, 0) is 51.5 Å². The summed E-state index contributed by atoms with van der Waals surface area (Å²) in [4.78, 5) is 23.3. The van der Waals surface area contributed by atoms with Crippen molar-refractivity contribution in [1.82, 2.24) is 5.32 Å². The highest BCUT2D eigenvalue weighted by Crippen LogP contribution is 2.16. The monoisotopic (exact) mass is 263 g/mol. The fraction of sp³-hybridized carbons (Fsp3) is 0.429. The Morgan fingerprint density at radius 3 is 2.32 bits per heavy atom. The number of nitrogens with two attached hydrogens (primary N) is 1. The second kappa shape index (κ2) is 6.33. The summed E-state index contributed by atoms with van der Waals surface area (Å²) in [6.45, 7) is 7.27. The average Bonchev–Trinajstić information content (AvgIpc) is 2.30. The quantitative estimate of drug-likeness (QED) is 0.768. The van der Waals surface area contributed by atoms with Crippen LogP contribution in [0, 0.1) is 6.92 Å². The number of nitrogens with one attached hydrogen (secondary N) is 2. The Morgan fingerprint density at radius 1 is 1.21 bits per heavy atom. The minimum Gasteiger partial charge on any atom is -0.350 e. The number of carbonyl (C=O) groups is 2. The highest BCUT2D eigenvalue weighted by molar-refractivity contribution is 5.97. The van der Waals surface area contributed by atoms with Gasteiger partial charge in [0.15, 0.2) is 0 Å². The van der Waals surface area contributed by atoms with Crippen LogP contribution in [-0.4, -0.2) is 23.9 Å². The van der Waals surface area contributed by atoms with E-state index < -0.39 is 6.04 Å².